The summed E-state index contributed by atoms with van der Waals surface area (Å²) in [6.45, 7) is 0. The van der Waals surface area contributed by atoms with Crippen molar-refractivity contribution in [3.8, 4) is 5.75 Å². The molecular formula is C10H8N4O2. The molecule has 0 bridgehead atoms. The Kier molecular flexibility index (Phi) is 2.73. The number of nitrogens with one attached hydrogen (secondary N) is 1. The maximum Gasteiger partial charge on any atom is 0.260 e. The van der Waals surface area contributed by atoms with Gasteiger partial charge in [-0.25, -0.2) is 0 Å². The van der Waals surface area contributed by atoms with Crippen LogP contribution < -0.4 is 5.32 Å². The van der Waals surface area contributed by atoms with Crippen LogP contribution in [0.3, 0.4) is 0 Å². The van der Waals surface area contributed by atoms with E-state index in [0.717, 1.165) is 0 Å². The Morgan fingerprint density at radius 1 is 1.25 bits per heavy atom. The predicted molar refractivity (Wildman–Crippen MR) is 55.9 cm³/mol. The van der Waals surface area contributed by atoms with E-state index in [2.05, 4.69) is 20.7 Å². The second-order valence-electron chi connectivity index (χ2n) is 2.98. The molecule has 0 saturated carbocycles. The molecule has 0 fully saturated rings. The molecule has 2 rings (SSSR count). The molecular weight excluding hydrogens is 208 g/mol. The number of phenolic OH excluding ortho intramolecular Hbond substituents is 1. The molecule has 0 unspecified atom stereocenters. The lowest BCUT2D eigenvalue weighted by Crippen LogP contribution is -2.13. The monoisotopic (exact) mass is 216 g/mol. The molecule has 0 atom stereocenters. The Balaban J connectivity index is 2.19. The lowest BCUT2D eigenvalue weighted by atomic mass is 10.2. The van der Waals surface area contributed by atoms with Gasteiger partial charge >= 0.3 is 0 Å². The number of para-hydroxylation sites is 1. The summed E-state index contributed by atoms with van der Waals surface area (Å²) in [6.07, 6.45) is 1.41. The average Bonchev–Trinajstić information content (AvgIpc) is 2.31. The van der Waals surface area contributed by atoms with Gasteiger partial charge in [0, 0.05) is 6.07 Å². The molecule has 0 radical (unpaired) electrons. The van der Waals surface area contributed by atoms with Crippen molar-refractivity contribution in [2.75, 3.05) is 5.32 Å². The van der Waals surface area contributed by atoms with Crippen LogP contribution in [-0.2, 0) is 0 Å². The quantitative estimate of drug-likeness (QED) is 0.776. The summed E-state index contributed by atoms with van der Waals surface area (Å²) in [5.41, 5.74) is 0.182. The number of aromatic hydroxyl groups is 1. The first-order valence-electron chi connectivity index (χ1n) is 4.51. The molecule has 0 aliphatic rings. The van der Waals surface area contributed by atoms with Gasteiger partial charge in [-0.05, 0) is 17.3 Å². The van der Waals surface area contributed by atoms with Crippen molar-refractivity contribution in [2.24, 2.45) is 0 Å². The minimum absolute atomic E-state index is 0.0815. The highest BCUT2D eigenvalue weighted by Gasteiger charge is 2.10. The van der Waals surface area contributed by atoms with Gasteiger partial charge in [-0.15, -0.1) is 10.2 Å². The number of anilines is 1. The van der Waals surface area contributed by atoms with Gasteiger partial charge in [0.15, 0.2) is 5.82 Å². The summed E-state index contributed by atoms with van der Waals surface area (Å²) >= 11 is 0. The number of hydrogen-bond donors (Lipinski definition) is 2. The summed E-state index contributed by atoms with van der Waals surface area (Å²) in [5.74, 6) is -0.246. The molecule has 80 valence electrons. The Morgan fingerprint density at radius 2 is 2.06 bits per heavy atom. The summed E-state index contributed by atoms with van der Waals surface area (Å²) in [6, 6.07) is 7.75. The number of carbonyl (C=O) groups excluding carboxylic acids is 1. The summed E-state index contributed by atoms with van der Waals surface area (Å²) < 4.78 is 0. The molecule has 1 aromatic carbocycles. The van der Waals surface area contributed by atoms with Gasteiger partial charge in [-0.3, -0.25) is 4.79 Å². The van der Waals surface area contributed by atoms with Crippen molar-refractivity contribution in [3.63, 3.8) is 0 Å². The van der Waals surface area contributed by atoms with E-state index in [9.17, 15) is 9.90 Å². The second-order valence-corrected chi connectivity index (χ2v) is 2.98. The number of hydrogen-bond acceptors (Lipinski definition) is 5. The molecule has 16 heavy (non-hydrogen) atoms. The number of phenols is 1. The van der Waals surface area contributed by atoms with E-state index in [1.807, 2.05) is 0 Å². The maximum atomic E-state index is 11.7. The molecule has 2 N–H and O–H groups in total. The van der Waals surface area contributed by atoms with E-state index in [4.69, 9.17) is 0 Å². The summed E-state index contributed by atoms with van der Waals surface area (Å²) in [4.78, 5) is 11.7. The summed E-state index contributed by atoms with van der Waals surface area (Å²) in [5, 5.41) is 22.4. The first-order valence-corrected chi connectivity index (χ1v) is 4.51. The molecule has 0 aliphatic heterocycles. The summed E-state index contributed by atoms with van der Waals surface area (Å²) in [7, 11) is 0. The van der Waals surface area contributed by atoms with Crippen LogP contribution in [0.4, 0.5) is 5.82 Å². The SMILES string of the molecule is O=C(Nc1ccnnn1)c1ccccc1O. The Morgan fingerprint density at radius 3 is 2.75 bits per heavy atom. The van der Waals surface area contributed by atoms with E-state index >= 15 is 0 Å². The van der Waals surface area contributed by atoms with Crippen molar-refractivity contribution in [2.45, 2.75) is 0 Å². The lowest BCUT2D eigenvalue weighted by molar-refractivity contribution is 0.102. The Bertz CT molecular complexity index is 501. The zero-order valence-corrected chi connectivity index (χ0v) is 8.16. The first kappa shape index (κ1) is 10.0. The fraction of sp³-hybridized carbons (Fsp3) is 0. The van der Waals surface area contributed by atoms with E-state index in [0.29, 0.717) is 0 Å². The number of aromatic nitrogens is 3. The van der Waals surface area contributed by atoms with Gasteiger partial charge in [-0.1, -0.05) is 12.1 Å². The molecule has 0 aliphatic carbocycles. The van der Waals surface area contributed by atoms with Crippen LogP contribution in [0.15, 0.2) is 36.5 Å². The van der Waals surface area contributed by atoms with Crippen LogP contribution in [-0.4, -0.2) is 26.4 Å². The van der Waals surface area contributed by atoms with Gasteiger partial charge in [0.1, 0.15) is 5.75 Å². The highest BCUT2D eigenvalue weighted by atomic mass is 16.3. The number of carbonyl (C=O) groups is 1. The third kappa shape index (κ3) is 2.11. The van der Waals surface area contributed by atoms with E-state index in [-0.39, 0.29) is 17.1 Å². The Labute approximate surface area is 91.0 Å². The second kappa shape index (κ2) is 4.35. The van der Waals surface area contributed by atoms with Crippen molar-refractivity contribution in [1.29, 1.82) is 0 Å². The van der Waals surface area contributed by atoms with Crippen LogP contribution in [0.1, 0.15) is 10.4 Å². The topological polar surface area (TPSA) is 88.0 Å². The molecule has 0 saturated heterocycles. The highest BCUT2D eigenvalue weighted by molar-refractivity contribution is 6.05. The smallest absolute Gasteiger partial charge is 0.260 e. The minimum Gasteiger partial charge on any atom is -0.507 e. The van der Waals surface area contributed by atoms with Gasteiger partial charge in [0.25, 0.3) is 5.91 Å². The van der Waals surface area contributed by atoms with E-state index in [1.54, 1.807) is 12.1 Å². The minimum atomic E-state index is -0.446. The lowest BCUT2D eigenvalue weighted by Gasteiger charge is -2.04. The van der Waals surface area contributed by atoms with Crippen molar-refractivity contribution < 1.29 is 9.90 Å². The molecule has 6 nitrogen and oxygen atoms in total. The van der Waals surface area contributed by atoms with Crippen LogP contribution in [0.2, 0.25) is 0 Å². The van der Waals surface area contributed by atoms with Crippen LogP contribution in [0, 0.1) is 0 Å². The van der Waals surface area contributed by atoms with Crippen molar-refractivity contribution in [3.05, 3.63) is 42.1 Å². The highest BCUT2D eigenvalue weighted by Crippen LogP contribution is 2.16. The molecule has 6 heteroatoms. The fourth-order valence-corrected chi connectivity index (χ4v) is 1.16. The molecule has 1 aromatic heterocycles. The Hall–Kier alpha value is -2.50. The van der Waals surface area contributed by atoms with Gasteiger partial charge in [0.2, 0.25) is 0 Å². The third-order valence-electron chi connectivity index (χ3n) is 1.89. The molecule has 2 aromatic rings. The predicted octanol–water partition coefficient (Wildman–Crippen LogP) is 0.829. The third-order valence-corrected chi connectivity index (χ3v) is 1.89. The first-order chi connectivity index (χ1) is 7.77. The van der Waals surface area contributed by atoms with E-state index in [1.165, 1.54) is 24.4 Å². The van der Waals surface area contributed by atoms with Gasteiger partial charge in [-0.2, -0.15) is 0 Å². The number of amides is 1. The zero-order valence-electron chi connectivity index (χ0n) is 8.16. The number of benzene rings is 1. The molecule has 1 amide bonds. The molecule has 1 heterocycles. The average molecular weight is 216 g/mol. The largest absolute Gasteiger partial charge is 0.507 e. The van der Waals surface area contributed by atoms with Crippen molar-refractivity contribution >= 4 is 11.7 Å². The zero-order chi connectivity index (χ0) is 11.4. The van der Waals surface area contributed by atoms with E-state index < -0.39 is 5.91 Å². The standard InChI is InChI=1S/C10H8N4O2/c15-8-4-2-1-3-7(8)10(16)12-9-5-6-11-14-13-9/h1-6,15H,(H,11,12,13,16). The van der Waals surface area contributed by atoms with Crippen molar-refractivity contribution in [1.82, 2.24) is 15.4 Å². The normalized spacial score (nSPS) is 9.75. The molecule has 0 spiro atoms. The number of nitrogens with zero attached hydrogens (tertiary/aromatic N) is 3. The van der Waals surface area contributed by atoms with Crippen LogP contribution in [0.5, 0.6) is 5.75 Å². The van der Waals surface area contributed by atoms with Gasteiger partial charge in [0.05, 0.1) is 11.8 Å². The maximum absolute atomic E-state index is 11.7. The van der Waals surface area contributed by atoms with Crippen LogP contribution >= 0.6 is 0 Å². The van der Waals surface area contributed by atoms with Gasteiger partial charge < -0.3 is 10.4 Å². The number of rotatable bonds is 2. The fourth-order valence-electron chi connectivity index (χ4n) is 1.16. The van der Waals surface area contributed by atoms with Crippen LogP contribution in [0.25, 0.3) is 0 Å².